The molecule has 1 aromatic heterocycles. The van der Waals surface area contributed by atoms with Crippen LogP contribution in [0.4, 0.5) is 0 Å². The number of carbonyl (C=O) groups is 1. The maximum absolute atomic E-state index is 12.4. The molecule has 1 amide bonds. The first-order chi connectivity index (χ1) is 9.83. The van der Waals surface area contributed by atoms with Gasteiger partial charge in [-0.25, -0.2) is 4.98 Å². The topological polar surface area (TPSA) is 49.0 Å². The van der Waals surface area contributed by atoms with Crippen LogP contribution in [0.3, 0.4) is 0 Å². The Bertz CT molecular complexity index is 576. The molecule has 0 atom stereocenters. The van der Waals surface area contributed by atoms with Gasteiger partial charge >= 0.3 is 0 Å². The number of amides is 1. The van der Waals surface area contributed by atoms with Gasteiger partial charge < -0.3 is 9.88 Å². The van der Waals surface area contributed by atoms with Gasteiger partial charge in [-0.3, -0.25) is 4.79 Å². The number of H-pyrrole nitrogens is 1. The van der Waals surface area contributed by atoms with Gasteiger partial charge in [0, 0.05) is 25.2 Å². The summed E-state index contributed by atoms with van der Waals surface area (Å²) in [6.07, 6.45) is 5.07. The number of rotatable bonds is 2. The van der Waals surface area contributed by atoms with Crippen LogP contribution in [0.2, 0.25) is 0 Å². The first kappa shape index (κ1) is 12.9. The summed E-state index contributed by atoms with van der Waals surface area (Å²) in [6, 6.07) is 9.95. The number of aryl methyl sites for hydroxylation is 1. The van der Waals surface area contributed by atoms with E-state index in [1.165, 1.54) is 5.69 Å². The minimum Gasteiger partial charge on any atom is -0.348 e. The third kappa shape index (κ3) is 2.90. The Morgan fingerprint density at radius 3 is 2.90 bits per heavy atom. The van der Waals surface area contributed by atoms with Crippen molar-refractivity contribution in [3.05, 3.63) is 53.6 Å². The average molecular weight is 269 g/mol. The molecule has 4 heteroatoms. The number of fused-ring (bicyclic) bond motifs is 1. The average Bonchev–Trinajstić information content (AvgIpc) is 2.86. The van der Waals surface area contributed by atoms with Crippen LogP contribution in [0.5, 0.6) is 0 Å². The SMILES string of the molecule is O=C(Cc1ccccc1)N1CCCc2[nH]cnc2CC1. The van der Waals surface area contributed by atoms with Gasteiger partial charge in [-0.1, -0.05) is 30.3 Å². The number of aromatic amines is 1. The lowest BCUT2D eigenvalue weighted by molar-refractivity contribution is -0.130. The standard InChI is InChI=1S/C16H19N3O/c20-16(11-13-5-2-1-3-6-13)19-9-4-7-14-15(8-10-19)18-12-17-14/h1-3,5-6,12H,4,7-11H2,(H,17,18). The van der Waals surface area contributed by atoms with Crippen LogP contribution < -0.4 is 0 Å². The number of hydrogen-bond donors (Lipinski definition) is 1. The molecule has 104 valence electrons. The molecule has 0 fully saturated rings. The van der Waals surface area contributed by atoms with Crippen molar-refractivity contribution in [2.75, 3.05) is 13.1 Å². The summed E-state index contributed by atoms with van der Waals surface area (Å²) in [4.78, 5) is 21.9. The lowest BCUT2D eigenvalue weighted by Gasteiger charge is -2.24. The minimum atomic E-state index is 0.218. The largest absolute Gasteiger partial charge is 0.348 e. The number of hydrogen-bond acceptors (Lipinski definition) is 2. The summed E-state index contributed by atoms with van der Waals surface area (Å²) in [7, 11) is 0. The lowest BCUT2D eigenvalue weighted by atomic mass is 10.1. The summed E-state index contributed by atoms with van der Waals surface area (Å²) in [5.74, 6) is 0.218. The maximum atomic E-state index is 12.4. The molecule has 1 aromatic carbocycles. The van der Waals surface area contributed by atoms with E-state index < -0.39 is 0 Å². The van der Waals surface area contributed by atoms with Crippen molar-refractivity contribution in [1.82, 2.24) is 14.9 Å². The molecular formula is C16H19N3O. The summed E-state index contributed by atoms with van der Waals surface area (Å²) >= 11 is 0. The number of benzene rings is 1. The fourth-order valence-electron chi connectivity index (χ4n) is 2.71. The van der Waals surface area contributed by atoms with Gasteiger partial charge in [0.2, 0.25) is 5.91 Å². The fourth-order valence-corrected chi connectivity index (χ4v) is 2.71. The number of imidazole rings is 1. The van der Waals surface area contributed by atoms with Gasteiger partial charge in [0.25, 0.3) is 0 Å². The van der Waals surface area contributed by atoms with Crippen LogP contribution >= 0.6 is 0 Å². The second kappa shape index (κ2) is 5.90. The van der Waals surface area contributed by atoms with E-state index in [0.29, 0.717) is 6.42 Å². The zero-order valence-corrected chi connectivity index (χ0v) is 11.5. The van der Waals surface area contributed by atoms with E-state index in [0.717, 1.165) is 43.6 Å². The van der Waals surface area contributed by atoms with Gasteiger partial charge in [-0.15, -0.1) is 0 Å². The summed E-state index contributed by atoms with van der Waals surface area (Å²) in [6.45, 7) is 1.60. The number of carbonyl (C=O) groups excluding carboxylic acids is 1. The highest BCUT2D eigenvalue weighted by Crippen LogP contribution is 2.13. The van der Waals surface area contributed by atoms with Crippen molar-refractivity contribution in [2.24, 2.45) is 0 Å². The third-order valence-electron chi connectivity index (χ3n) is 3.83. The van der Waals surface area contributed by atoms with Crippen molar-refractivity contribution in [1.29, 1.82) is 0 Å². The normalized spacial score (nSPS) is 15.3. The van der Waals surface area contributed by atoms with Crippen molar-refractivity contribution in [3.8, 4) is 0 Å². The molecule has 20 heavy (non-hydrogen) atoms. The van der Waals surface area contributed by atoms with Crippen molar-refractivity contribution >= 4 is 5.91 Å². The molecule has 2 heterocycles. The predicted octanol–water partition coefficient (Wildman–Crippen LogP) is 1.97. The molecular weight excluding hydrogens is 250 g/mol. The van der Waals surface area contributed by atoms with E-state index in [4.69, 9.17) is 0 Å². The Hall–Kier alpha value is -2.10. The van der Waals surface area contributed by atoms with Crippen LogP contribution in [-0.4, -0.2) is 33.9 Å². The summed E-state index contributed by atoms with van der Waals surface area (Å²) < 4.78 is 0. The molecule has 0 spiro atoms. The van der Waals surface area contributed by atoms with Gasteiger partial charge in [-0.05, 0) is 18.4 Å². The van der Waals surface area contributed by atoms with E-state index in [1.807, 2.05) is 35.2 Å². The molecule has 2 aromatic rings. The highest BCUT2D eigenvalue weighted by molar-refractivity contribution is 5.78. The van der Waals surface area contributed by atoms with E-state index in [-0.39, 0.29) is 5.91 Å². The van der Waals surface area contributed by atoms with Gasteiger partial charge in [-0.2, -0.15) is 0 Å². The van der Waals surface area contributed by atoms with Crippen molar-refractivity contribution in [2.45, 2.75) is 25.7 Å². The smallest absolute Gasteiger partial charge is 0.227 e. The number of nitrogens with one attached hydrogen (secondary N) is 1. The van der Waals surface area contributed by atoms with Crippen LogP contribution in [0.1, 0.15) is 23.4 Å². The van der Waals surface area contributed by atoms with Crippen LogP contribution in [-0.2, 0) is 24.1 Å². The van der Waals surface area contributed by atoms with Gasteiger partial charge in [0.05, 0.1) is 18.4 Å². The van der Waals surface area contributed by atoms with E-state index >= 15 is 0 Å². The van der Waals surface area contributed by atoms with Crippen molar-refractivity contribution < 1.29 is 4.79 Å². The Morgan fingerprint density at radius 2 is 2.05 bits per heavy atom. The minimum absolute atomic E-state index is 0.218. The van der Waals surface area contributed by atoms with Gasteiger partial charge in [0.15, 0.2) is 0 Å². The maximum Gasteiger partial charge on any atom is 0.227 e. The quantitative estimate of drug-likeness (QED) is 0.906. The molecule has 0 radical (unpaired) electrons. The third-order valence-corrected chi connectivity index (χ3v) is 3.83. The zero-order chi connectivity index (χ0) is 13.8. The predicted molar refractivity (Wildman–Crippen MR) is 77.3 cm³/mol. The van der Waals surface area contributed by atoms with E-state index in [9.17, 15) is 4.79 Å². The Morgan fingerprint density at radius 1 is 1.20 bits per heavy atom. The highest BCUT2D eigenvalue weighted by atomic mass is 16.2. The first-order valence-corrected chi connectivity index (χ1v) is 7.16. The fraction of sp³-hybridized carbons (Fsp3) is 0.375. The molecule has 0 aliphatic carbocycles. The molecule has 0 unspecified atom stereocenters. The lowest BCUT2D eigenvalue weighted by Crippen LogP contribution is -2.36. The monoisotopic (exact) mass is 269 g/mol. The second-order valence-corrected chi connectivity index (χ2v) is 5.22. The van der Waals surface area contributed by atoms with Crippen LogP contribution in [0.15, 0.2) is 36.7 Å². The first-order valence-electron chi connectivity index (χ1n) is 7.16. The molecule has 1 aliphatic rings. The summed E-state index contributed by atoms with van der Waals surface area (Å²) in [5.41, 5.74) is 3.43. The Balaban J connectivity index is 1.64. The summed E-state index contributed by atoms with van der Waals surface area (Å²) in [5, 5.41) is 0. The molecule has 0 saturated carbocycles. The van der Waals surface area contributed by atoms with Crippen LogP contribution in [0.25, 0.3) is 0 Å². The Kier molecular flexibility index (Phi) is 3.81. The van der Waals surface area contributed by atoms with E-state index in [1.54, 1.807) is 6.33 Å². The molecule has 0 saturated heterocycles. The molecule has 1 aliphatic heterocycles. The van der Waals surface area contributed by atoms with E-state index in [2.05, 4.69) is 9.97 Å². The van der Waals surface area contributed by atoms with Gasteiger partial charge in [0.1, 0.15) is 0 Å². The van der Waals surface area contributed by atoms with Crippen LogP contribution in [0, 0.1) is 0 Å². The molecule has 3 rings (SSSR count). The molecule has 0 bridgehead atoms. The highest BCUT2D eigenvalue weighted by Gasteiger charge is 2.18. The Labute approximate surface area is 118 Å². The van der Waals surface area contributed by atoms with Crippen molar-refractivity contribution in [3.63, 3.8) is 0 Å². The number of aromatic nitrogens is 2. The zero-order valence-electron chi connectivity index (χ0n) is 11.5. The second-order valence-electron chi connectivity index (χ2n) is 5.22. The molecule has 4 nitrogen and oxygen atoms in total. The number of nitrogens with zero attached hydrogens (tertiary/aromatic N) is 2. The molecule has 1 N–H and O–H groups in total.